The third-order valence-electron chi connectivity index (χ3n) is 3.43. The highest BCUT2D eigenvalue weighted by atomic mass is 35.7. The van der Waals surface area contributed by atoms with Gasteiger partial charge < -0.3 is 0 Å². The molecule has 0 radical (unpaired) electrons. The lowest BCUT2D eigenvalue weighted by Crippen LogP contribution is -2.68. The molecule has 2 aromatic carbocycles. The molecule has 8 heteroatoms. The number of hydrogen-bond acceptors (Lipinski definition) is 6. The molecule has 0 fully saturated rings. The van der Waals surface area contributed by atoms with Gasteiger partial charge in [0, 0.05) is 11.1 Å². The van der Waals surface area contributed by atoms with Crippen LogP contribution in [0.1, 0.15) is 21.5 Å². The Balaban J connectivity index is 0.000000368. The molecular formula is C16H15ClN2O5. The molecule has 0 spiro atoms. The number of Topliss-reactive ketones (excluding diaryl/α,β-unsaturated/α-hetero) is 1. The number of fused-ring (bicyclic) bond motifs is 1. The minimum atomic E-state index is -4.94. The van der Waals surface area contributed by atoms with Gasteiger partial charge in [-0.05, 0) is 6.07 Å². The zero-order valence-electron chi connectivity index (χ0n) is 12.6. The fourth-order valence-electron chi connectivity index (χ4n) is 2.40. The summed E-state index contributed by atoms with van der Waals surface area (Å²) < 4.78 is 35.9. The number of rotatable bonds is 3. The summed E-state index contributed by atoms with van der Waals surface area (Å²) in [5.41, 5.74) is 9.06. The number of benzene rings is 2. The first-order valence-corrected chi connectivity index (χ1v) is 8.15. The van der Waals surface area contributed by atoms with E-state index in [1.54, 1.807) is 0 Å². The number of hydrogen-bond donors (Lipinski definition) is 1. The van der Waals surface area contributed by atoms with E-state index in [9.17, 15) is 4.79 Å². The normalized spacial score (nSPS) is 13.2. The Morgan fingerprint density at radius 3 is 2.12 bits per heavy atom. The van der Waals surface area contributed by atoms with Crippen LogP contribution in [-0.2, 0) is 6.54 Å². The number of ketones is 1. The second-order valence-corrected chi connectivity index (χ2v) is 5.82. The average molecular weight is 351 g/mol. The van der Waals surface area contributed by atoms with E-state index in [1.165, 1.54) is 5.56 Å². The summed E-state index contributed by atoms with van der Waals surface area (Å²) in [4.78, 5) is 12.2. The van der Waals surface area contributed by atoms with E-state index in [4.69, 9.17) is 24.4 Å². The molecule has 7 nitrogen and oxygen atoms in total. The Morgan fingerprint density at radius 2 is 1.54 bits per heavy atom. The van der Waals surface area contributed by atoms with Crippen molar-refractivity contribution in [2.75, 3.05) is 6.54 Å². The number of amidine groups is 1. The van der Waals surface area contributed by atoms with Gasteiger partial charge in [-0.1, -0.05) is 48.5 Å². The van der Waals surface area contributed by atoms with Gasteiger partial charge in [-0.25, -0.2) is 23.2 Å². The van der Waals surface area contributed by atoms with Crippen LogP contribution in [0.15, 0.2) is 54.6 Å². The summed E-state index contributed by atoms with van der Waals surface area (Å²) in [6.07, 6.45) is 0. The fourth-order valence-corrected chi connectivity index (χ4v) is 2.40. The first-order valence-electron chi connectivity index (χ1n) is 6.91. The number of nitrogens with zero attached hydrogens (tertiary/aromatic N) is 1. The lowest BCUT2D eigenvalue weighted by Gasteiger charge is -2.17. The Morgan fingerprint density at radius 1 is 1.00 bits per heavy atom. The van der Waals surface area contributed by atoms with E-state index in [2.05, 4.69) is 6.07 Å². The standard InChI is InChI=1S/C16H14N2O.ClHO4/c17-16-14-9-5-4-8-13(14)10-18(16)11-15(19)12-6-2-1-3-7-12;2-1(3,4)5/h1-9,17H,10-11H2;(H,2,3,4,5). The highest BCUT2D eigenvalue weighted by molar-refractivity contribution is 6.00. The molecule has 0 bridgehead atoms. The first kappa shape index (κ1) is 18.1. The SMILES string of the molecule is NC1=[N+](CC(=O)c2ccccc2)Cc2ccccc21.[O-][Cl+3]([O-])([O-])[O-]. The third-order valence-corrected chi connectivity index (χ3v) is 3.43. The van der Waals surface area contributed by atoms with Crippen LogP contribution in [-0.4, -0.2) is 22.7 Å². The van der Waals surface area contributed by atoms with E-state index >= 15 is 0 Å². The van der Waals surface area contributed by atoms with Crippen molar-refractivity contribution >= 4 is 11.6 Å². The summed E-state index contributed by atoms with van der Waals surface area (Å²) >= 11 is 0. The van der Waals surface area contributed by atoms with E-state index in [0.29, 0.717) is 18.9 Å². The third kappa shape index (κ3) is 5.12. The fraction of sp³-hybridized carbons (Fsp3) is 0.125. The van der Waals surface area contributed by atoms with Crippen molar-refractivity contribution < 1.29 is 38.2 Å². The molecular weight excluding hydrogens is 336 g/mol. The summed E-state index contributed by atoms with van der Waals surface area (Å²) in [5, 5.41) is 0. The molecule has 1 heterocycles. The molecule has 0 amide bonds. The van der Waals surface area contributed by atoms with E-state index in [1.807, 2.05) is 53.1 Å². The predicted octanol–water partition coefficient (Wildman–Crippen LogP) is -2.96. The molecule has 24 heavy (non-hydrogen) atoms. The molecule has 2 aromatic rings. The number of nitrogens with two attached hydrogens (primary N) is 1. The molecule has 1 aliphatic heterocycles. The minimum Gasteiger partial charge on any atom is -0.290 e. The van der Waals surface area contributed by atoms with E-state index in [-0.39, 0.29) is 5.78 Å². The van der Waals surface area contributed by atoms with Crippen molar-refractivity contribution in [3.05, 3.63) is 71.3 Å². The summed E-state index contributed by atoms with van der Waals surface area (Å²) in [7, 11) is -4.94. The van der Waals surface area contributed by atoms with Gasteiger partial charge in [0.05, 0.1) is 5.56 Å². The minimum absolute atomic E-state index is 0.0938. The Labute approximate surface area is 140 Å². The topological polar surface area (TPSA) is 138 Å². The maximum absolute atomic E-state index is 12.2. The number of carbonyl (C=O) groups excluding carboxylic acids is 1. The van der Waals surface area contributed by atoms with Gasteiger partial charge in [-0.15, -0.1) is 10.2 Å². The average Bonchev–Trinajstić information content (AvgIpc) is 2.83. The van der Waals surface area contributed by atoms with Gasteiger partial charge in [-0.3, -0.25) is 10.5 Å². The molecule has 0 saturated heterocycles. The molecule has 0 saturated carbocycles. The van der Waals surface area contributed by atoms with Gasteiger partial charge in [0.15, 0.2) is 0 Å². The molecule has 1 aliphatic rings. The van der Waals surface area contributed by atoms with Gasteiger partial charge >= 0.3 is 0 Å². The van der Waals surface area contributed by atoms with Crippen LogP contribution < -0.4 is 24.4 Å². The zero-order chi connectivity index (χ0) is 17.7. The highest BCUT2D eigenvalue weighted by Gasteiger charge is 2.25. The van der Waals surface area contributed by atoms with Crippen molar-refractivity contribution in [1.29, 1.82) is 0 Å². The van der Waals surface area contributed by atoms with Gasteiger partial charge in [0.1, 0.15) is 13.1 Å². The molecule has 2 N–H and O–H groups in total. The second-order valence-electron chi connectivity index (χ2n) is 5.07. The Hall–Kier alpha value is -2.29. The summed E-state index contributed by atoms with van der Waals surface area (Å²) in [5.74, 6) is 0.788. The van der Waals surface area contributed by atoms with Crippen LogP contribution >= 0.6 is 0 Å². The van der Waals surface area contributed by atoms with Crippen LogP contribution in [0.5, 0.6) is 0 Å². The predicted molar refractivity (Wildman–Crippen MR) is 74.3 cm³/mol. The first-order chi connectivity index (χ1) is 11.3. The van der Waals surface area contributed by atoms with Gasteiger partial charge in [-0.2, -0.15) is 0 Å². The zero-order valence-corrected chi connectivity index (χ0v) is 13.3. The lowest BCUT2D eigenvalue weighted by molar-refractivity contribution is -2.00. The monoisotopic (exact) mass is 350 g/mol. The molecule has 0 aromatic heterocycles. The smallest absolute Gasteiger partial charge is 0.276 e. The molecule has 126 valence electrons. The molecule has 0 unspecified atom stereocenters. The number of carbonyl (C=O) groups is 1. The van der Waals surface area contributed by atoms with Crippen molar-refractivity contribution in [1.82, 2.24) is 0 Å². The molecule has 0 aliphatic carbocycles. The maximum Gasteiger partial charge on any atom is 0.276 e. The van der Waals surface area contributed by atoms with Crippen LogP contribution in [0.2, 0.25) is 0 Å². The van der Waals surface area contributed by atoms with Crippen molar-refractivity contribution in [2.45, 2.75) is 6.54 Å². The Kier molecular flexibility index (Phi) is 5.66. The van der Waals surface area contributed by atoms with Crippen molar-refractivity contribution in [3.8, 4) is 0 Å². The number of halogens is 1. The summed E-state index contributed by atoms with van der Waals surface area (Å²) in [6, 6.07) is 17.3. The molecule has 0 atom stereocenters. The highest BCUT2D eigenvalue weighted by Crippen LogP contribution is 2.16. The quantitative estimate of drug-likeness (QED) is 0.463. The van der Waals surface area contributed by atoms with Crippen LogP contribution in [0, 0.1) is 10.2 Å². The van der Waals surface area contributed by atoms with Crippen LogP contribution in [0.4, 0.5) is 0 Å². The van der Waals surface area contributed by atoms with Gasteiger partial charge in [0.25, 0.3) is 5.84 Å². The lowest BCUT2D eigenvalue weighted by atomic mass is 10.1. The summed E-state index contributed by atoms with van der Waals surface area (Å²) in [6.45, 7) is 1.03. The largest absolute Gasteiger partial charge is 0.290 e. The maximum atomic E-state index is 12.2. The second kappa shape index (κ2) is 7.52. The van der Waals surface area contributed by atoms with E-state index < -0.39 is 10.2 Å². The molecule has 3 rings (SSSR count). The van der Waals surface area contributed by atoms with E-state index in [0.717, 1.165) is 11.1 Å². The van der Waals surface area contributed by atoms with Gasteiger partial charge in [0.2, 0.25) is 5.78 Å². The Bertz CT molecular complexity index is 751. The van der Waals surface area contributed by atoms with Crippen LogP contribution in [0.3, 0.4) is 0 Å². The van der Waals surface area contributed by atoms with Crippen molar-refractivity contribution in [3.63, 3.8) is 0 Å². The van der Waals surface area contributed by atoms with Crippen LogP contribution in [0.25, 0.3) is 0 Å². The van der Waals surface area contributed by atoms with Crippen molar-refractivity contribution in [2.24, 2.45) is 5.73 Å².